The van der Waals surface area contributed by atoms with Crippen molar-refractivity contribution in [2.45, 2.75) is 25.4 Å². The predicted molar refractivity (Wildman–Crippen MR) is 126 cm³/mol. The number of H-pyrrole nitrogens is 1. The van der Waals surface area contributed by atoms with Crippen LogP contribution in [0.2, 0.25) is 0 Å². The fourth-order valence-electron chi connectivity index (χ4n) is 5.13. The van der Waals surface area contributed by atoms with Gasteiger partial charge in [-0.2, -0.15) is 0 Å². The Kier molecular flexibility index (Phi) is 4.21. The smallest absolute Gasteiger partial charge is 0.227 e. The molecule has 6 nitrogen and oxygen atoms in total. The van der Waals surface area contributed by atoms with Crippen LogP contribution in [0.4, 0.5) is 17.3 Å². The van der Waals surface area contributed by atoms with E-state index < -0.39 is 0 Å². The standard InChI is InChI=1S/C25H26N6/c1-16-11-19(5-6-24(16)31-15-20-13-21(31)14-30(20)2)28-25-27-10-8-22(29-25)18-4-3-17-7-9-26-23(17)12-18/h3-12,20-21,26H,13-15H2,1-2H3,(H,27,28,29)/t20-,21-/m0/s1. The molecule has 156 valence electrons. The monoisotopic (exact) mass is 410 g/mol. The van der Waals surface area contributed by atoms with Crippen LogP contribution in [0.5, 0.6) is 0 Å². The minimum atomic E-state index is 0.609. The summed E-state index contributed by atoms with van der Waals surface area (Å²) in [5, 5.41) is 4.59. The number of likely N-dealkylation sites (tertiary alicyclic amines) is 1. The third-order valence-corrected chi connectivity index (χ3v) is 6.78. The summed E-state index contributed by atoms with van der Waals surface area (Å²) in [4.78, 5) is 17.5. The fourth-order valence-corrected chi connectivity index (χ4v) is 5.13. The van der Waals surface area contributed by atoms with Gasteiger partial charge < -0.3 is 15.2 Å². The Morgan fingerprint density at radius 1 is 1.03 bits per heavy atom. The highest BCUT2D eigenvalue weighted by molar-refractivity contribution is 5.84. The topological polar surface area (TPSA) is 60.1 Å². The van der Waals surface area contributed by atoms with E-state index in [0.717, 1.165) is 29.0 Å². The highest BCUT2D eigenvalue weighted by Crippen LogP contribution is 2.36. The van der Waals surface area contributed by atoms with Gasteiger partial charge >= 0.3 is 0 Å². The van der Waals surface area contributed by atoms with E-state index in [0.29, 0.717) is 18.0 Å². The first-order valence-corrected chi connectivity index (χ1v) is 10.9. The van der Waals surface area contributed by atoms with Crippen molar-refractivity contribution in [1.82, 2.24) is 19.9 Å². The van der Waals surface area contributed by atoms with Gasteiger partial charge in [0.2, 0.25) is 5.95 Å². The van der Waals surface area contributed by atoms with Crippen LogP contribution < -0.4 is 10.2 Å². The maximum Gasteiger partial charge on any atom is 0.227 e. The van der Waals surface area contributed by atoms with Crippen molar-refractivity contribution in [3.8, 4) is 11.3 Å². The molecule has 0 spiro atoms. The van der Waals surface area contributed by atoms with Crippen LogP contribution in [0.3, 0.4) is 0 Å². The third-order valence-electron chi connectivity index (χ3n) is 6.78. The van der Waals surface area contributed by atoms with Crippen LogP contribution in [0.25, 0.3) is 22.2 Å². The first-order valence-electron chi connectivity index (χ1n) is 10.9. The molecule has 0 aliphatic carbocycles. The van der Waals surface area contributed by atoms with E-state index in [4.69, 9.17) is 4.98 Å². The lowest BCUT2D eigenvalue weighted by atomic mass is 10.1. The van der Waals surface area contributed by atoms with Crippen molar-refractivity contribution >= 4 is 28.2 Å². The Morgan fingerprint density at radius 2 is 1.97 bits per heavy atom. The van der Waals surface area contributed by atoms with Crippen molar-refractivity contribution in [2.75, 3.05) is 30.4 Å². The number of hydrogen-bond acceptors (Lipinski definition) is 5. The number of nitrogens with one attached hydrogen (secondary N) is 2. The molecule has 4 aromatic rings. The molecule has 2 N–H and O–H groups in total. The molecule has 2 saturated heterocycles. The second-order valence-electron chi connectivity index (χ2n) is 8.81. The Balaban J connectivity index is 1.23. The molecule has 0 unspecified atom stereocenters. The van der Waals surface area contributed by atoms with E-state index in [9.17, 15) is 0 Å². The largest absolute Gasteiger partial charge is 0.365 e. The van der Waals surface area contributed by atoms with E-state index in [1.54, 1.807) is 0 Å². The Morgan fingerprint density at radius 3 is 2.77 bits per heavy atom. The highest BCUT2D eigenvalue weighted by atomic mass is 15.3. The van der Waals surface area contributed by atoms with Crippen molar-refractivity contribution in [1.29, 1.82) is 0 Å². The molecule has 31 heavy (non-hydrogen) atoms. The molecule has 2 bridgehead atoms. The van der Waals surface area contributed by atoms with Crippen molar-refractivity contribution in [3.05, 3.63) is 66.5 Å². The molecule has 2 aliphatic heterocycles. The first kappa shape index (κ1) is 18.4. The molecular weight excluding hydrogens is 384 g/mol. The molecule has 6 heteroatoms. The minimum Gasteiger partial charge on any atom is -0.365 e. The molecule has 2 aromatic heterocycles. The highest BCUT2D eigenvalue weighted by Gasteiger charge is 2.41. The lowest BCUT2D eigenvalue weighted by molar-refractivity contribution is 0.292. The predicted octanol–water partition coefficient (Wildman–Crippen LogP) is 4.57. The van der Waals surface area contributed by atoms with Gasteiger partial charge in [0.25, 0.3) is 0 Å². The van der Waals surface area contributed by atoms with Crippen molar-refractivity contribution in [2.24, 2.45) is 0 Å². The number of nitrogens with zero attached hydrogens (tertiary/aromatic N) is 4. The van der Waals surface area contributed by atoms with Gasteiger partial charge in [-0.05, 0) is 67.7 Å². The van der Waals surface area contributed by atoms with Gasteiger partial charge in [0.05, 0.1) is 5.69 Å². The van der Waals surface area contributed by atoms with Crippen LogP contribution in [0, 0.1) is 6.92 Å². The van der Waals surface area contributed by atoms with Gasteiger partial charge in [-0.15, -0.1) is 0 Å². The van der Waals surface area contributed by atoms with E-state index in [2.05, 4.69) is 81.5 Å². The summed E-state index contributed by atoms with van der Waals surface area (Å²) in [7, 11) is 2.24. The van der Waals surface area contributed by atoms with Crippen LogP contribution in [-0.2, 0) is 0 Å². The fraction of sp³-hybridized carbons (Fsp3) is 0.280. The van der Waals surface area contributed by atoms with E-state index >= 15 is 0 Å². The second kappa shape index (κ2) is 7.10. The molecule has 0 radical (unpaired) electrons. The number of likely N-dealkylation sites (N-methyl/N-ethyl adjacent to an activating group) is 1. The average Bonchev–Trinajstić information content (AvgIpc) is 3.49. The number of benzene rings is 2. The summed E-state index contributed by atoms with van der Waals surface area (Å²) in [5.41, 5.74) is 6.73. The van der Waals surface area contributed by atoms with E-state index in [-0.39, 0.29) is 0 Å². The third kappa shape index (κ3) is 3.24. The SMILES string of the molecule is Cc1cc(Nc2nccc(-c3ccc4cc[nH]c4c3)n2)ccc1N1C[C@@H]2C[C@H]1CN2C. The lowest BCUT2D eigenvalue weighted by Gasteiger charge is -2.34. The second-order valence-corrected chi connectivity index (χ2v) is 8.81. The summed E-state index contributed by atoms with van der Waals surface area (Å²) in [6, 6.07) is 18.3. The number of rotatable bonds is 4. The van der Waals surface area contributed by atoms with Gasteiger partial charge in [0.15, 0.2) is 0 Å². The summed E-state index contributed by atoms with van der Waals surface area (Å²) < 4.78 is 0. The van der Waals surface area contributed by atoms with Crippen LogP contribution in [0.1, 0.15) is 12.0 Å². The summed E-state index contributed by atoms with van der Waals surface area (Å²) >= 11 is 0. The average molecular weight is 411 g/mol. The molecule has 2 aliphatic rings. The molecule has 2 fully saturated rings. The zero-order valence-electron chi connectivity index (χ0n) is 17.8. The summed E-state index contributed by atoms with van der Waals surface area (Å²) in [5.74, 6) is 0.609. The Hall–Kier alpha value is -3.38. The van der Waals surface area contributed by atoms with Crippen molar-refractivity contribution < 1.29 is 0 Å². The van der Waals surface area contributed by atoms with Gasteiger partial charge in [0, 0.05) is 60.0 Å². The molecule has 4 heterocycles. The molecule has 2 aromatic carbocycles. The zero-order valence-corrected chi connectivity index (χ0v) is 17.8. The number of aromatic amines is 1. The van der Waals surface area contributed by atoms with E-state index in [1.807, 2.05) is 18.5 Å². The summed E-state index contributed by atoms with van der Waals surface area (Å²) in [6.45, 7) is 4.49. The molecule has 0 saturated carbocycles. The lowest BCUT2D eigenvalue weighted by Crippen LogP contribution is -2.44. The maximum absolute atomic E-state index is 4.75. The number of aryl methyl sites for hydroxylation is 1. The van der Waals surface area contributed by atoms with Gasteiger partial charge in [0.1, 0.15) is 0 Å². The Bertz CT molecular complexity index is 1260. The quantitative estimate of drug-likeness (QED) is 0.516. The van der Waals surface area contributed by atoms with Crippen LogP contribution >= 0.6 is 0 Å². The van der Waals surface area contributed by atoms with E-state index in [1.165, 1.54) is 29.6 Å². The number of hydrogen-bond donors (Lipinski definition) is 2. The molecular formula is C25H26N6. The van der Waals surface area contributed by atoms with Gasteiger partial charge in [-0.1, -0.05) is 12.1 Å². The molecule has 6 rings (SSSR count). The number of piperazine rings is 1. The first-order chi connectivity index (χ1) is 15.1. The maximum atomic E-state index is 4.75. The normalized spacial score (nSPS) is 20.6. The Labute approximate surface area is 181 Å². The number of fused-ring (bicyclic) bond motifs is 3. The molecule has 0 amide bonds. The number of aromatic nitrogens is 3. The summed E-state index contributed by atoms with van der Waals surface area (Å²) in [6.07, 6.45) is 5.05. The zero-order chi connectivity index (χ0) is 20.9. The van der Waals surface area contributed by atoms with Gasteiger partial charge in [-0.25, -0.2) is 9.97 Å². The minimum absolute atomic E-state index is 0.609. The van der Waals surface area contributed by atoms with Crippen LogP contribution in [0.15, 0.2) is 60.9 Å². The number of anilines is 3. The van der Waals surface area contributed by atoms with Crippen LogP contribution in [-0.4, -0.2) is 52.1 Å². The van der Waals surface area contributed by atoms with Crippen molar-refractivity contribution in [3.63, 3.8) is 0 Å². The van der Waals surface area contributed by atoms with Gasteiger partial charge in [-0.3, -0.25) is 4.90 Å². The molecule has 2 atom stereocenters.